The molecule has 0 bridgehead atoms. The molecule has 0 aliphatic heterocycles. The number of rotatable bonds is 4. The first kappa shape index (κ1) is 12.1. The molecule has 2 rings (SSSR count). The van der Waals surface area contributed by atoms with E-state index >= 15 is 0 Å². The van der Waals surface area contributed by atoms with Gasteiger partial charge in [-0.3, -0.25) is 0 Å². The van der Waals surface area contributed by atoms with E-state index in [1.54, 1.807) is 26.1 Å². The van der Waals surface area contributed by atoms with Crippen LogP contribution in [-0.4, -0.2) is 32.7 Å². The van der Waals surface area contributed by atoms with Crippen LogP contribution in [-0.2, 0) is 9.84 Å². The van der Waals surface area contributed by atoms with Gasteiger partial charge in [0, 0.05) is 19.5 Å². The first-order chi connectivity index (χ1) is 8.03. The molecule has 2 aromatic rings. The van der Waals surface area contributed by atoms with Crippen molar-refractivity contribution in [3.8, 4) is 0 Å². The van der Waals surface area contributed by atoms with E-state index < -0.39 is 9.84 Å². The van der Waals surface area contributed by atoms with Gasteiger partial charge in [0.05, 0.1) is 10.6 Å². The number of benzene rings is 1. The SMILES string of the molecule is CNCCS(=O)(=O)c1ccc2nc(C)oc2c1. The molecule has 0 spiro atoms. The Morgan fingerprint density at radius 1 is 1.41 bits per heavy atom. The molecule has 5 nitrogen and oxygen atoms in total. The largest absolute Gasteiger partial charge is 0.441 e. The van der Waals surface area contributed by atoms with Gasteiger partial charge < -0.3 is 9.73 Å². The van der Waals surface area contributed by atoms with Crippen molar-refractivity contribution in [2.75, 3.05) is 19.3 Å². The third-order valence-corrected chi connectivity index (χ3v) is 4.16. The highest BCUT2D eigenvalue weighted by Gasteiger charge is 2.15. The van der Waals surface area contributed by atoms with Gasteiger partial charge >= 0.3 is 0 Å². The molecule has 1 aromatic carbocycles. The molecule has 1 N–H and O–H groups in total. The van der Waals surface area contributed by atoms with Crippen LogP contribution in [0.4, 0.5) is 0 Å². The lowest BCUT2D eigenvalue weighted by atomic mass is 10.3. The van der Waals surface area contributed by atoms with Crippen LogP contribution in [0.5, 0.6) is 0 Å². The quantitative estimate of drug-likeness (QED) is 0.885. The van der Waals surface area contributed by atoms with Crippen LogP contribution in [0.3, 0.4) is 0 Å². The van der Waals surface area contributed by atoms with Crippen molar-refractivity contribution >= 4 is 20.9 Å². The first-order valence-corrected chi connectivity index (χ1v) is 6.93. The number of oxazole rings is 1. The van der Waals surface area contributed by atoms with Crippen molar-refractivity contribution in [2.24, 2.45) is 0 Å². The second-order valence-corrected chi connectivity index (χ2v) is 5.89. The van der Waals surface area contributed by atoms with Gasteiger partial charge in [0.1, 0.15) is 5.52 Å². The maximum atomic E-state index is 11.9. The number of hydrogen-bond acceptors (Lipinski definition) is 5. The summed E-state index contributed by atoms with van der Waals surface area (Å²) in [4.78, 5) is 4.40. The topological polar surface area (TPSA) is 72.2 Å². The van der Waals surface area contributed by atoms with Crippen molar-refractivity contribution in [1.82, 2.24) is 10.3 Å². The lowest BCUT2D eigenvalue weighted by Crippen LogP contribution is -2.19. The number of nitrogens with one attached hydrogen (secondary N) is 1. The molecule has 1 heterocycles. The molecule has 92 valence electrons. The molecule has 17 heavy (non-hydrogen) atoms. The molecule has 0 atom stereocenters. The number of nitrogens with zero attached hydrogens (tertiary/aromatic N) is 1. The average molecular weight is 254 g/mol. The molecule has 0 aliphatic carbocycles. The van der Waals surface area contributed by atoms with Gasteiger partial charge in [0.2, 0.25) is 0 Å². The summed E-state index contributed by atoms with van der Waals surface area (Å²) >= 11 is 0. The van der Waals surface area contributed by atoms with E-state index in [0.29, 0.717) is 23.5 Å². The zero-order chi connectivity index (χ0) is 12.5. The van der Waals surface area contributed by atoms with Gasteiger partial charge in [-0.05, 0) is 19.2 Å². The van der Waals surface area contributed by atoms with Crippen molar-refractivity contribution in [3.63, 3.8) is 0 Å². The van der Waals surface area contributed by atoms with E-state index in [1.165, 1.54) is 6.07 Å². The smallest absolute Gasteiger partial charge is 0.192 e. The van der Waals surface area contributed by atoms with Gasteiger partial charge in [-0.25, -0.2) is 13.4 Å². The first-order valence-electron chi connectivity index (χ1n) is 5.27. The number of sulfone groups is 1. The lowest BCUT2D eigenvalue weighted by molar-refractivity contribution is 0.559. The molecule has 6 heteroatoms. The van der Waals surface area contributed by atoms with Gasteiger partial charge in [0.15, 0.2) is 21.3 Å². The standard InChI is InChI=1S/C11H14N2O3S/c1-8-13-10-4-3-9(7-11(10)16-8)17(14,15)6-5-12-2/h3-4,7,12H,5-6H2,1-2H3. The maximum absolute atomic E-state index is 11.9. The van der Waals surface area contributed by atoms with Crippen LogP contribution in [0.25, 0.3) is 11.1 Å². The zero-order valence-electron chi connectivity index (χ0n) is 9.73. The van der Waals surface area contributed by atoms with Crippen LogP contribution >= 0.6 is 0 Å². The Morgan fingerprint density at radius 3 is 2.88 bits per heavy atom. The van der Waals surface area contributed by atoms with Crippen LogP contribution in [0.15, 0.2) is 27.5 Å². The fraction of sp³-hybridized carbons (Fsp3) is 0.364. The Morgan fingerprint density at radius 2 is 2.18 bits per heavy atom. The van der Waals surface area contributed by atoms with E-state index in [2.05, 4.69) is 10.3 Å². The molecule has 1 aromatic heterocycles. The summed E-state index contributed by atoms with van der Waals surface area (Å²) in [6, 6.07) is 4.76. The summed E-state index contributed by atoms with van der Waals surface area (Å²) < 4.78 is 29.2. The van der Waals surface area contributed by atoms with Crippen molar-refractivity contribution in [1.29, 1.82) is 0 Å². The predicted molar refractivity (Wildman–Crippen MR) is 64.7 cm³/mol. The molecule has 0 aliphatic rings. The van der Waals surface area contributed by atoms with Crippen molar-refractivity contribution in [2.45, 2.75) is 11.8 Å². The highest BCUT2D eigenvalue weighted by molar-refractivity contribution is 7.91. The van der Waals surface area contributed by atoms with Gasteiger partial charge in [-0.1, -0.05) is 0 Å². The molecule has 0 fully saturated rings. The molecule has 0 radical (unpaired) electrons. The molecular weight excluding hydrogens is 240 g/mol. The van der Waals surface area contributed by atoms with E-state index in [1.807, 2.05) is 0 Å². The van der Waals surface area contributed by atoms with Gasteiger partial charge in [0.25, 0.3) is 0 Å². The molecule has 0 saturated carbocycles. The summed E-state index contributed by atoms with van der Waals surface area (Å²) in [5.41, 5.74) is 1.18. The highest BCUT2D eigenvalue weighted by Crippen LogP contribution is 2.20. The van der Waals surface area contributed by atoms with E-state index in [0.717, 1.165) is 0 Å². The molecule has 0 amide bonds. The average Bonchev–Trinajstić information content (AvgIpc) is 2.65. The normalized spacial score (nSPS) is 12.1. The Labute approximate surface area is 99.8 Å². The van der Waals surface area contributed by atoms with E-state index in [4.69, 9.17) is 4.42 Å². The van der Waals surface area contributed by atoms with Crippen LogP contribution in [0, 0.1) is 6.92 Å². The number of fused-ring (bicyclic) bond motifs is 1. The minimum absolute atomic E-state index is 0.0716. The number of aromatic nitrogens is 1. The third kappa shape index (κ3) is 2.48. The third-order valence-electron chi connectivity index (χ3n) is 2.45. The minimum Gasteiger partial charge on any atom is -0.441 e. The molecule has 0 unspecified atom stereocenters. The second kappa shape index (κ2) is 4.46. The Bertz CT molecular complexity index is 631. The van der Waals surface area contributed by atoms with Crippen LogP contribution in [0.2, 0.25) is 0 Å². The molecule has 0 saturated heterocycles. The molecular formula is C11H14N2O3S. The number of hydrogen-bond donors (Lipinski definition) is 1. The van der Waals surface area contributed by atoms with Crippen molar-refractivity contribution < 1.29 is 12.8 Å². The van der Waals surface area contributed by atoms with E-state index in [9.17, 15) is 8.42 Å². The van der Waals surface area contributed by atoms with Crippen molar-refractivity contribution in [3.05, 3.63) is 24.1 Å². The maximum Gasteiger partial charge on any atom is 0.192 e. The summed E-state index contributed by atoms with van der Waals surface area (Å²) in [5.74, 6) is 0.604. The number of aryl methyl sites for hydroxylation is 1. The van der Waals surface area contributed by atoms with Crippen LogP contribution in [0.1, 0.15) is 5.89 Å². The Hall–Kier alpha value is -1.40. The van der Waals surface area contributed by atoms with Crippen LogP contribution < -0.4 is 5.32 Å². The predicted octanol–water partition coefficient (Wildman–Crippen LogP) is 1.13. The van der Waals surface area contributed by atoms with Gasteiger partial charge in [-0.15, -0.1) is 0 Å². The summed E-state index contributed by atoms with van der Waals surface area (Å²) in [7, 11) is -1.53. The van der Waals surface area contributed by atoms with Gasteiger partial charge in [-0.2, -0.15) is 0 Å². The summed E-state index contributed by atoms with van der Waals surface area (Å²) in [5, 5.41) is 2.82. The summed E-state index contributed by atoms with van der Waals surface area (Å²) in [6.45, 7) is 2.16. The lowest BCUT2D eigenvalue weighted by Gasteiger charge is -2.03. The summed E-state index contributed by atoms with van der Waals surface area (Å²) in [6.07, 6.45) is 0. The Balaban J connectivity index is 2.42. The minimum atomic E-state index is -3.25. The zero-order valence-corrected chi connectivity index (χ0v) is 10.5. The fourth-order valence-electron chi connectivity index (χ4n) is 1.57. The van der Waals surface area contributed by atoms with E-state index in [-0.39, 0.29) is 10.6 Å². The second-order valence-electron chi connectivity index (χ2n) is 3.78. The Kier molecular flexibility index (Phi) is 3.17. The monoisotopic (exact) mass is 254 g/mol. The highest BCUT2D eigenvalue weighted by atomic mass is 32.2. The fourth-order valence-corrected chi connectivity index (χ4v) is 2.84.